The van der Waals surface area contributed by atoms with E-state index in [1.54, 1.807) is 0 Å². The Morgan fingerprint density at radius 1 is 1.11 bits per heavy atom. The van der Waals surface area contributed by atoms with Crippen molar-refractivity contribution in [2.75, 3.05) is 0 Å². The number of alkyl halides is 3. The fourth-order valence-corrected chi connectivity index (χ4v) is 2.03. The van der Waals surface area contributed by atoms with Crippen LogP contribution in [0.25, 0.3) is 0 Å². The van der Waals surface area contributed by atoms with Gasteiger partial charge in [0.05, 0.1) is 6.10 Å². The predicted octanol–water partition coefficient (Wildman–Crippen LogP) is 3.31. The second kappa shape index (κ2) is 5.28. The summed E-state index contributed by atoms with van der Waals surface area (Å²) >= 11 is 0. The summed E-state index contributed by atoms with van der Waals surface area (Å²) in [6, 6.07) is 9.55. The number of aryl methyl sites for hydroxylation is 1. The van der Waals surface area contributed by atoms with Crippen LogP contribution in [0.3, 0.4) is 0 Å². The van der Waals surface area contributed by atoms with Gasteiger partial charge in [0.1, 0.15) is 0 Å². The van der Waals surface area contributed by atoms with Gasteiger partial charge in [0.2, 0.25) is 0 Å². The molecule has 1 aromatic carbocycles. The van der Waals surface area contributed by atoms with Crippen molar-refractivity contribution in [1.29, 1.82) is 0 Å². The molecule has 1 aliphatic rings. The first-order valence-electron chi connectivity index (χ1n) is 5.88. The molecule has 1 aromatic rings. The van der Waals surface area contributed by atoms with Crippen molar-refractivity contribution in [1.82, 2.24) is 0 Å². The molecule has 0 spiro atoms. The van der Waals surface area contributed by atoms with E-state index in [2.05, 4.69) is 0 Å². The van der Waals surface area contributed by atoms with Gasteiger partial charge in [0.15, 0.2) is 12.4 Å². The van der Waals surface area contributed by atoms with Crippen molar-refractivity contribution in [2.24, 2.45) is 0 Å². The van der Waals surface area contributed by atoms with Crippen molar-refractivity contribution in [3.05, 3.63) is 35.9 Å². The first-order valence-corrected chi connectivity index (χ1v) is 5.88. The molecule has 3 atom stereocenters. The molecule has 0 saturated carbocycles. The molecule has 0 unspecified atom stereocenters. The Hall–Kier alpha value is -1.07. The third kappa shape index (κ3) is 3.23. The number of hydrogen-bond acceptors (Lipinski definition) is 2. The zero-order valence-electron chi connectivity index (χ0n) is 9.98. The highest BCUT2D eigenvalue weighted by molar-refractivity contribution is 5.14. The van der Waals surface area contributed by atoms with Gasteiger partial charge in [-0.05, 0) is 18.9 Å². The lowest BCUT2D eigenvalue weighted by Gasteiger charge is -2.16. The van der Waals surface area contributed by atoms with E-state index in [0.717, 1.165) is 5.56 Å². The van der Waals surface area contributed by atoms with E-state index < -0.39 is 24.7 Å². The molecule has 0 amide bonds. The molecular formula is C13H15F3O2. The quantitative estimate of drug-likeness (QED) is 0.830. The zero-order chi connectivity index (χ0) is 13.2. The summed E-state index contributed by atoms with van der Waals surface area (Å²) in [6.07, 6.45) is -6.80. The molecule has 1 aliphatic heterocycles. The Balaban J connectivity index is 1.86. The van der Waals surface area contributed by atoms with Crippen LogP contribution in [0.2, 0.25) is 0 Å². The minimum absolute atomic E-state index is 0.431. The van der Waals surface area contributed by atoms with E-state index in [-0.39, 0.29) is 0 Å². The summed E-state index contributed by atoms with van der Waals surface area (Å²) in [6.45, 7) is 1.39. The van der Waals surface area contributed by atoms with Crippen molar-refractivity contribution in [3.8, 4) is 0 Å². The van der Waals surface area contributed by atoms with E-state index in [0.29, 0.717) is 12.8 Å². The van der Waals surface area contributed by atoms with E-state index >= 15 is 0 Å². The molecule has 0 aromatic heterocycles. The van der Waals surface area contributed by atoms with Crippen molar-refractivity contribution >= 4 is 0 Å². The summed E-state index contributed by atoms with van der Waals surface area (Å²) in [5.74, 6) is 0. The topological polar surface area (TPSA) is 18.5 Å². The summed E-state index contributed by atoms with van der Waals surface area (Å²) in [4.78, 5) is 0. The molecule has 0 N–H and O–H groups in total. The minimum atomic E-state index is -4.36. The second-order valence-electron chi connectivity index (χ2n) is 4.39. The highest BCUT2D eigenvalue weighted by Gasteiger charge is 2.50. The second-order valence-corrected chi connectivity index (χ2v) is 4.39. The van der Waals surface area contributed by atoms with E-state index in [4.69, 9.17) is 9.47 Å². The molecule has 1 heterocycles. The number of halogens is 3. The zero-order valence-corrected chi connectivity index (χ0v) is 9.98. The van der Waals surface area contributed by atoms with Gasteiger partial charge in [-0.2, -0.15) is 13.2 Å². The Kier molecular flexibility index (Phi) is 3.92. The van der Waals surface area contributed by atoms with Gasteiger partial charge in [0.25, 0.3) is 0 Å². The fraction of sp³-hybridized carbons (Fsp3) is 0.538. The van der Waals surface area contributed by atoms with Gasteiger partial charge in [-0.1, -0.05) is 30.3 Å². The van der Waals surface area contributed by atoms with E-state index in [9.17, 15) is 13.2 Å². The van der Waals surface area contributed by atoms with Crippen LogP contribution >= 0.6 is 0 Å². The van der Waals surface area contributed by atoms with Crippen LogP contribution < -0.4 is 0 Å². The molecule has 5 heteroatoms. The van der Waals surface area contributed by atoms with Crippen LogP contribution in [0.4, 0.5) is 13.2 Å². The summed E-state index contributed by atoms with van der Waals surface area (Å²) < 4.78 is 47.7. The van der Waals surface area contributed by atoms with Gasteiger partial charge in [-0.3, -0.25) is 0 Å². The smallest absolute Gasteiger partial charge is 0.347 e. The van der Waals surface area contributed by atoms with Crippen LogP contribution in [0.15, 0.2) is 30.3 Å². The van der Waals surface area contributed by atoms with Gasteiger partial charge in [0, 0.05) is 6.42 Å². The number of rotatable bonds is 3. The molecular weight excluding hydrogens is 245 g/mol. The average molecular weight is 260 g/mol. The lowest BCUT2D eigenvalue weighted by atomic mass is 10.1. The van der Waals surface area contributed by atoms with Gasteiger partial charge >= 0.3 is 6.18 Å². The molecule has 2 nitrogen and oxygen atoms in total. The van der Waals surface area contributed by atoms with Crippen LogP contribution in [-0.4, -0.2) is 24.7 Å². The summed E-state index contributed by atoms with van der Waals surface area (Å²) in [7, 11) is 0. The fourth-order valence-electron chi connectivity index (χ4n) is 2.03. The third-order valence-corrected chi connectivity index (χ3v) is 2.93. The molecule has 0 bridgehead atoms. The highest BCUT2D eigenvalue weighted by atomic mass is 19.4. The van der Waals surface area contributed by atoms with Crippen molar-refractivity contribution in [2.45, 2.75) is 44.4 Å². The van der Waals surface area contributed by atoms with Crippen LogP contribution in [0.5, 0.6) is 0 Å². The summed E-state index contributed by atoms with van der Waals surface area (Å²) in [5, 5.41) is 0. The first-order chi connectivity index (χ1) is 8.47. The Bertz CT molecular complexity index is 378. The monoisotopic (exact) mass is 260 g/mol. The molecule has 1 saturated heterocycles. The lowest BCUT2D eigenvalue weighted by Crippen LogP contribution is -2.35. The maximum Gasteiger partial charge on any atom is 0.417 e. The molecule has 100 valence electrons. The highest BCUT2D eigenvalue weighted by Crippen LogP contribution is 2.34. The first kappa shape index (κ1) is 13.4. The van der Waals surface area contributed by atoms with Crippen LogP contribution in [0.1, 0.15) is 18.9 Å². The Morgan fingerprint density at radius 2 is 1.78 bits per heavy atom. The molecule has 2 rings (SSSR count). The van der Waals surface area contributed by atoms with E-state index in [1.807, 2.05) is 30.3 Å². The molecule has 0 aliphatic carbocycles. The number of hydrogen-bond donors (Lipinski definition) is 0. The van der Waals surface area contributed by atoms with Crippen LogP contribution in [0, 0.1) is 0 Å². The maximum absolute atomic E-state index is 12.5. The summed E-state index contributed by atoms with van der Waals surface area (Å²) in [5.41, 5.74) is 1.06. The largest absolute Gasteiger partial charge is 0.417 e. The van der Waals surface area contributed by atoms with Gasteiger partial charge in [-0.25, -0.2) is 0 Å². The van der Waals surface area contributed by atoms with E-state index in [1.165, 1.54) is 6.92 Å². The lowest BCUT2D eigenvalue weighted by molar-refractivity contribution is -0.218. The standard InChI is InChI=1S/C13H15F3O2/c1-9-12(13(14,15)16)18-11(17-9)8-7-10-5-3-2-4-6-10/h2-6,9,11-12H,7-8H2,1H3/t9-,11-,12-/m0/s1. The normalized spacial score (nSPS) is 28.6. The average Bonchev–Trinajstić information content (AvgIpc) is 2.69. The van der Waals surface area contributed by atoms with Crippen molar-refractivity contribution in [3.63, 3.8) is 0 Å². The number of ether oxygens (including phenoxy) is 2. The predicted molar refractivity (Wildman–Crippen MR) is 60.0 cm³/mol. The maximum atomic E-state index is 12.5. The van der Waals surface area contributed by atoms with Gasteiger partial charge < -0.3 is 9.47 Å². The molecule has 1 fully saturated rings. The van der Waals surface area contributed by atoms with Crippen LogP contribution in [-0.2, 0) is 15.9 Å². The van der Waals surface area contributed by atoms with Gasteiger partial charge in [-0.15, -0.1) is 0 Å². The SMILES string of the molecule is C[C@@H]1O[C@H](CCc2ccccc2)O[C@@H]1C(F)(F)F. The Morgan fingerprint density at radius 3 is 2.33 bits per heavy atom. The third-order valence-electron chi connectivity index (χ3n) is 2.93. The number of benzene rings is 1. The molecule has 0 radical (unpaired) electrons. The Labute approximate surface area is 104 Å². The molecule has 18 heavy (non-hydrogen) atoms. The minimum Gasteiger partial charge on any atom is -0.347 e. The van der Waals surface area contributed by atoms with Crippen molar-refractivity contribution < 1.29 is 22.6 Å².